The van der Waals surface area contributed by atoms with Gasteiger partial charge in [-0.25, -0.2) is 4.84 Å². The Kier molecular flexibility index (Phi) is 4.92. The van der Waals surface area contributed by atoms with Crippen LogP contribution in [0.3, 0.4) is 0 Å². The van der Waals surface area contributed by atoms with Gasteiger partial charge in [-0.2, -0.15) is 0 Å². The normalized spacial score (nSPS) is 12.5. The fourth-order valence-corrected chi connectivity index (χ4v) is 1.52. The smallest absolute Gasteiger partial charge is 0.504 e. The maximum atomic E-state index is 12.1. The van der Waals surface area contributed by atoms with E-state index in [0.717, 1.165) is 0 Å². The van der Waals surface area contributed by atoms with E-state index >= 15 is 0 Å². The summed E-state index contributed by atoms with van der Waals surface area (Å²) in [7, 11) is 0. The minimum atomic E-state index is -4.83. The second-order valence-electron chi connectivity index (χ2n) is 4.83. The molecule has 2 N–H and O–H groups in total. The molecule has 1 aromatic rings. The van der Waals surface area contributed by atoms with Crippen LogP contribution in [0.4, 0.5) is 13.2 Å². The maximum absolute atomic E-state index is 12.1. The molecule has 0 aliphatic carbocycles. The molecule has 7 heteroatoms. The lowest BCUT2D eigenvalue weighted by molar-refractivity contribution is -0.275. The van der Waals surface area contributed by atoms with Crippen LogP contribution in [0.2, 0.25) is 0 Å². The van der Waals surface area contributed by atoms with Gasteiger partial charge in [-0.1, -0.05) is 6.07 Å². The summed E-state index contributed by atoms with van der Waals surface area (Å²) in [5.74, 6) is -1.14. The monoisotopic (exact) mass is 297 g/mol. The number of aromatic hydroxyl groups is 1. The second kappa shape index (κ2) is 5.88. The molecule has 0 aromatic heterocycles. The van der Waals surface area contributed by atoms with Crippen molar-refractivity contribution in [3.05, 3.63) is 23.8 Å². The van der Waals surface area contributed by atoms with E-state index in [0.29, 0.717) is 18.4 Å². The highest BCUT2D eigenvalue weighted by atomic mass is 35.5. The Morgan fingerprint density at radius 2 is 1.95 bits per heavy atom. The van der Waals surface area contributed by atoms with Crippen molar-refractivity contribution in [2.75, 3.05) is 0 Å². The number of aryl methyl sites for hydroxylation is 1. The Balaban J connectivity index is 2.79. The molecular weight excluding hydrogens is 283 g/mol. The van der Waals surface area contributed by atoms with Crippen molar-refractivity contribution >= 4 is 11.8 Å². The molecule has 19 heavy (non-hydrogen) atoms. The van der Waals surface area contributed by atoms with Crippen molar-refractivity contribution in [2.24, 2.45) is 0 Å². The number of phenolic OH excluding ortho intramolecular Hbond substituents is 1. The van der Waals surface area contributed by atoms with Gasteiger partial charge in [-0.05, 0) is 56.2 Å². The topological polar surface area (TPSA) is 41.5 Å². The lowest BCUT2D eigenvalue weighted by atomic mass is 9.96. The third kappa shape index (κ3) is 5.57. The Bertz CT molecular complexity index is 435. The van der Waals surface area contributed by atoms with Gasteiger partial charge in [0, 0.05) is 5.54 Å². The highest BCUT2D eigenvalue weighted by Gasteiger charge is 2.32. The molecule has 0 amide bonds. The highest BCUT2D eigenvalue weighted by molar-refractivity contribution is 6.13. The van der Waals surface area contributed by atoms with Gasteiger partial charge in [-0.3, -0.25) is 0 Å². The van der Waals surface area contributed by atoms with Crippen LogP contribution in [0.25, 0.3) is 0 Å². The number of phenols is 1. The van der Waals surface area contributed by atoms with Gasteiger partial charge in [0.2, 0.25) is 0 Å². The summed E-state index contributed by atoms with van der Waals surface area (Å²) in [5.41, 5.74) is 0.279. The molecule has 1 aromatic carbocycles. The Hall–Kier alpha value is -1.14. The summed E-state index contributed by atoms with van der Waals surface area (Å²) in [4.78, 5) is 2.59. The van der Waals surface area contributed by atoms with Crippen molar-refractivity contribution in [3.63, 3.8) is 0 Å². The van der Waals surface area contributed by atoms with E-state index in [9.17, 15) is 18.3 Å². The molecule has 1 rings (SSSR count). The first-order valence-electron chi connectivity index (χ1n) is 5.58. The summed E-state index contributed by atoms with van der Waals surface area (Å²) in [6.45, 7) is 3.74. The number of benzene rings is 1. The summed E-state index contributed by atoms with van der Waals surface area (Å²) >= 11 is 5.54. The van der Waals surface area contributed by atoms with Gasteiger partial charge in [0.25, 0.3) is 0 Å². The zero-order valence-electron chi connectivity index (χ0n) is 10.5. The van der Waals surface area contributed by atoms with E-state index in [-0.39, 0.29) is 5.54 Å². The maximum Gasteiger partial charge on any atom is 0.573 e. The molecule has 108 valence electrons. The molecule has 0 fully saturated rings. The van der Waals surface area contributed by atoms with E-state index < -0.39 is 17.9 Å². The van der Waals surface area contributed by atoms with Crippen LogP contribution in [0.5, 0.6) is 11.5 Å². The highest BCUT2D eigenvalue weighted by Crippen LogP contribution is 2.32. The SMILES string of the molecule is CC(C)(CCc1ccc(O)c(OC(F)(F)F)c1)NCl. The average molecular weight is 298 g/mol. The predicted molar refractivity (Wildman–Crippen MR) is 66.2 cm³/mol. The van der Waals surface area contributed by atoms with Crippen molar-refractivity contribution in [3.8, 4) is 11.5 Å². The molecule has 0 heterocycles. The van der Waals surface area contributed by atoms with Crippen LogP contribution in [-0.4, -0.2) is 17.0 Å². The van der Waals surface area contributed by atoms with E-state index in [1.54, 1.807) is 6.07 Å². The molecule has 0 spiro atoms. The quantitative estimate of drug-likeness (QED) is 0.813. The molecule has 0 radical (unpaired) electrons. The number of ether oxygens (including phenoxy) is 1. The lowest BCUT2D eigenvalue weighted by Gasteiger charge is -2.22. The van der Waals surface area contributed by atoms with Gasteiger partial charge < -0.3 is 9.84 Å². The minimum Gasteiger partial charge on any atom is -0.504 e. The van der Waals surface area contributed by atoms with Gasteiger partial charge in [-0.15, -0.1) is 13.2 Å². The van der Waals surface area contributed by atoms with Crippen LogP contribution < -0.4 is 9.57 Å². The average Bonchev–Trinajstić information content (AvgIpc) is 2.28. The van der Waals surface area contributed by atoms with E-state index in [2.05, 4.69) is 9.57 Å². The molecule has 3 nitrogen and oxygen atoms in total. The van der Waals surface area contributed by atoms with Crippen molar-refractivity contribution < 1.29 is 23.0 Å². The molecule has 0 aliphatic rings. The van der Waals surface area contributed by atoms with Crippen LogP contribution in [-0.2, 0) is 6.42 Å². The zero-order valence-corrected chi connectivity index (χ0v) is 11.3. The van der Waals surface area contributed by atoms with E-state index in [1.807, 2.05) is 13.8 Å². The number of alkyl halides is 3. The summed E-state index contributed by atoms with van der Waals surface area (Å²) in [5, 5.41) is 9.31. The molecule has 0 saturated heterocycles. The molecule has 0 atom stereocenters. The standard InChI is InChI=1S/C12H15ClF3NO2/c1-11(2,17-13)6-5-8-3-4-9(18)10(7-8)19-12(14,15)16/h3-4,7,17-18H,5-6H2,1-2H3. The molecule has 0 bridgehead atoms. The summed E-state index contributed by atoms with van der Waals surface area (Å²) in [6, 6.07) is 3.90. The number of hydrogen-bond acceptors (Lipinski definition) is 3. The first-order chi connectivity index (χ1) is 8.63. The van der Waals surface area contributed by atoms with Crippen molar-refractivity contribution in [2.45, 2.75) is 38.6 Å². The largest absolute Gasteiger partial charge is 0.573 e. The number of halogens is 4. The van der Waals surface area contributed by atoms with Gasteiger partial charge in [0.1, 0.15) is 0 Å². The first kappa shape index (κ1) is 15.9. The summed E-state index contributed by atoms with van der Waals surface area (Å²) in [6.07, 6.45) is -3.71. The van der Waals surface area contributed by atoms with Crippen molar-refractivity contribution in [1.82, 2.24) is 4.84 Å². The Morgan fingerprint density at radius 1 is 1.32 bits per heavy atom. The third-order valence-corrected chi connectivity index (χ3v) is 3.06. The Labute approximate surface area is 114 Å². The number of nitrogens with one attached hydrogen (secondary N) is 1. The zero-order chi connectivity index (χ0) is 14.7. The Morgan fingerprint density at radius 3 is 2.47 bits per heavy atom. The fraction of sp³-hybridized carbons (Fsp3) is 0.500. The fourth-order valence-electron chi connectivity index (χ4n) is 1.42. The van der Waals surface area contributed by atoms with E-state index in [4.69, 9.17) is 11.8 Å². The number of hydrogen-bond donors (Lipinski definition) is 2. The second-order valence-corrected chi connectivity index (χ2v) is 5.02. The van der Waals surface area contributed by atoms with Gasteiger partial charge in [0.15, 0.2) is 11.5 Å². The van der Waals surface area contributed by atoms with Crippen molar-refractivity contribution in [1.29, 1.82) is 0 Å². The summed E-state index contributed by atoms with van der Waals surface area (Å²) < 4.78 is 40.1. The lowest BCUT2D eigenvalue weighted by Crippen LogP contribution is -2.32. The first-order valence-corrected chi connectivity index (χ1v) is 5.96. The van der Waals surface area contributed by atoms with Crippen LogP contribution in [0.1, 0.15) is 25.8 Å². The van der Waals surface area contributed by atoms with Crippen LogP contribution in [0.15, 0.2) is 18.2 Å². The van der Waals surface area contributed by atoms with Crippen LogP contribution in [0, 0.1) is 0 Å². The molecule has 0 unspecified atom stereocenters. The number of rotatable bonds is 5. The molecule has 0 aliphatic heterocycles. The van der Waals surface area contributed by atoms with E-state index in [1.165, 1.54) is 12.1 Å². The third-order valence-electron chi connectivity index (χ3n) is 2.54. The molecular formula is C12H15ClF3NO2. The predicted octanol–water partition coefficient (Wildman–Crippen LogP) is 3.75. The van der Waals surface area contributed by atoms with Crippen LogP contribution >= 0.6 is 11.8 Å². The van der Waals surface area contributed by atoms with Gasteiger partial charge in [0.05, 0.1) is 0 Å². The molecule has 0 saturated carbocycles. The van der Waals surface area contributed by atoms with Gasteiger partial charge >= 0.3 is 6.36 Å². The minimum absolute atomic E-state index is 0.343.